The van der Waals surface area contributed by atoms with Gasteiger partial charge in [0.15, 0.2) is 5.69 Å². The van der Waals surface area contributed by atoms with Gasteiger partial charge in [0.05, 0.1) is 5.69 Å². The summed E-state index contributed by atoms with van der Waals surface area (Å²) < 4.78 is 14.8. The summed E-state index contributed by atoms with van der Waals surface area (Å²) in [6, 6.07) is 13.0. The first kappa shape index (κ1) is 17.9. The largest absolute Gasteiger partial charge is 0.290 e. The molecule has 0 unspecified atom stereocenters. The van der Waals surface area contributed by atoms with Crippen molar-refractivity contribution in [3.05, 3.63) is 82.4 Å². The molecule has 1 aromatic heterocycles. The minimum Gasteiger partial charge on any atom is -0.267 e. The molecule has 0 aliphatic heterocycles. The maximum Gasteiger partial charge on any atom is 0.290 e. The van der Waals surface area contributed by atoms with Gasteiger partial charge in [-0.05, 0) is 62.6 Å². The summed E-state index contributed by atoms with van der Waals surface area (Å²) in [5.74, 6) is -1.43. The van der Waals surface area contributed by atoms with Crippen molar-refractivity contribution in [2.75, 3.05) is 0 Å². The van der Waals surface area contributed by atoms with Gasteiger partial charge in [0.25, 0.3) is 11.8 Å². The zero-order valence-corrected chi connectivity index (χ0v) is 15.3. The number of hydrogen-bond acceptors (Lipinski definition) is 3. The predicted molar refractivity (Wildman–Crippen MR) is 102 cm³/mol. The SMILES string of the molecule is Cc1ccc(-n2nc(C(=O)NNC(=O)c3ccc(F)cc3)c3c2CCC3)cc1. The highest BCUT2D eigenvalue weighted by Crippen LogP contribution is 2.27. The number of carbonyl (C=O) groups excluding carboxylic acids is 2. The molecule has 3 aromatic rings. The molecule has 6 nitrogen and oxygen atoms in total. The lowest BCUT2D eigenvalue weighted by Crippen LogP contribution is -2.42. The van der Waals surface area contributed by atoms with E-state index in [4.69, 9.17) is 0 Å². The van der Waals surface area contributed by atoms with Gasteiger partial charge in [-0.3, -0.25) is 20.4 Å². The third-order valence-electron chi connectivity index (χ3n) is 4.82. The van der Waals surface area contributed by atoms with Crippen LogP contribution in [0.2, 0.25) is 0 Å². The zero-order valence-electron chi connectivity index (χ0n) is 15.3. The van der Waals surface area contributed by atoms with E-state index < -0.39 is 17.6 Å². The van der Waals surface area contributed by atoms with E-state index in [2.05, 4.69) is 16.0 Å². The van der Waals surface area contributed by atoms with E-state index in [9.17, 15) is 14.0 Å². The van der Waals surface area contributed by atoms with Crippen LogP contribution in [-0.2, 0) is 12.8 Å². The van der Waals surface area contributed by atoms with Crippen LogP contribution in [0.5, 0.6) is 0 Å². The van der Waals surface area contributed by atoms with Crippen molar-refractivity contribution in [1.82, 2.24) is 20.6 Å². The minimum absolute atomic E-state index is 0.247. The van der Waals surface area contributed by atoms with E-state index in [0.717, 1.165) is 41.8 Å². The van der Waals surface area contributed by atoms with Gasteiger partial charge in [-0.2, -0.15) is 5.10 Å². The molecular formula is C21H19FN4O2. The predicted octanol–water partition coefficient (Wildman–Crippen LogP) is 2.88. The average molecular weight is 378 g/mol. The van der Waals surface area contributed by atoms with Crippen molar-refractivity contribution >= 4 is 11.8 Å². The van der Waals surface area contributed by atoms with Gasteiger partial charge < -0.3 is 0 Å². The summed E-state index contributed by atoms with van der Waals surface area (Å²) in [5, 5.41) is 4.50. The maximum absolute atomic E-state index is 13.0. The van der Waals surface area contributed by atoms with Crippen molar-refractivity contribution in [2.24, 2.45) is 0 Å². The molecule has 4 rings (SSSR count). The van der Waals surface area contributed by atoms with E-state index in [-0.39, 0.29) is 5.56 Å². The molecule has 0 radical (unpaired) electrons. The Morgan fingerprint density at radius 1 is 0.964 bits per heavy atom. The fourth-order valence-electron chi connectivity index (χ4n) is 3.37. The van der Waals surface area contributed by atoms with E-state index in [1.807, 2.05) is 31.2 Å². The molecule has 7 heteroatoms. The number of halogens is 1. The Labute approximate surface area is 161 Å². The summed E-state index contributed by atoms with van der Waals surface area (Å²) >= 11 is 0. The molecule has 2 N–H and O–H groups in total. The molecule has 142 valence electrons. The van der Waals surface area contributed by atoms with Crippen LogP contribution in [0.15, 0.2) is 48.5 Å². The first-order chi connectivity index (χ1) is 13.5. The molecule has 1 aliphatic rings. The fraction of sp³-hybridized carbons (Fsp3) is 0.190. The van der Waals surface area contributed by atoms with Crippen molar-refractivity contribution < 1.29 is 14.0 Å². The van der Waals surface area contributed by atoms with Crippen LogP contribution in [0.4, 0.5) is 4.39 Å². The molecule has 0 bridgehead atoms. The van der Waals surface area contributed by atoms with Crippen LogP contribution in [0.1, 0.15) is 44.1 Å². The van der Waals surface area contributed by atoms with Crippen LogP contribution in [0.25, 0.3) is 5.69 Å². The number of benzene rings is 2. The van der Waals surface area contributed by atoms with Crippen molar-refractivity contribution in [3.8, 4) is 5.69 Å². The number of aryl methyl sites for hydroxylation is 1. The molecule has 0 fully saturated rings. The first-order valence-electron chi connectivity index (χ1n) is 9.07. The number of amides is 2. The highest BCUT2D eigenvalue weighted by Gasteiger charge is 2.27. The van der Waals surface area contributed by atoms with Gasteiger partial charge in [0.2, 0.25) is 0 Å². The fourth-order valence-corrected chi connectivity index (χ4v) is 3.37. The summed E-state index contributed by atoms with van der Waals surface area (Å²) in [4.78, 5) is 24.7. The van der Waals surface area contributed by atoms with E-state index in [0.29, 0.717) is 5.69 Å². The molecule has 0 spiro atoms. The molecule has 0 saturated carbocycles. The molecule has 0 atom stereocenters. The van der Waals surface area contributed by atoms with Crippen LogP contribution in [0, 0.1) is 12.7 Å². The average Bonchev–Trinajstić information content (AvgIpc) is 3.30. The standard InChI is InChI=1S/C21H19FN4O2/c1-13-5-11-16(12-6-13)26-18-4-2-3-17(18)19(25-26)21(28)24-23-20(27)14-7-9-15(22)10-8-14/h5-12H,2-4H2,1H3,(H,23,27)(H,24,28). The maximum atomic E-state index is 13.0. The second-order valence-corrected chi connectivity index (χ2v) is 6.79. The molecule has 28 heavy (non-hydrogen) atoms. The van der Waals surface area contributed by atoms with Gasteiger partial charge >= 0.3 is 0 Å². The Balaban J connectivity index is 1.53. The summed E-state index contributed by atoms with van der Waals surface area (Å²) in [6.45, 7) is 2.01. The molecular weight excluding hydrogens is 359 g/mol. The summed E-state index contributed by atoms with van der Waals surface area (Å²) in [5.41, 5.74) is 9.31. The normalized spacial score (nSPS) is 12.5. The molecule has 0 saturated heterocycles. The van der Waals surface area contributed by atoms with Gasteiger partial charge in [-0.1, -0.05) is 17.7 Å². The minimum atomic E-state index is -0.525. The van der Waals surface area contributed by atoms with Gasteiger partial charge in [-0.15, -0.1) is 0 Å². The number of hydrogen-bond donors (Lipinski definition) is 2. The Bertz CT molecular complexity index is 1040. The lowest BCUT2D eigenvalue weighted by molar-refractivity contribution is 0.0843. The number of fused-ring (bicyclic) bond motifs is 1. The number of aromatic nitrogens is 2. The lowest BCUT2D eigenvalue weighted by Gasteiger charge is -2.07. The quantitative estimate of drug-likeness (QED) is 0.688. The van der Waals surface area contributed by atoms with Gasteiger partial charge in [0, 0.05) is 16.8 Å². The number of rotatable bonds is 3. The molecule has 2 amide bonds. The van der Waals surface area contributed by atoms with Crippen molar-refractivity contribution in [3.63, 3.8) is 0 Å². The third-order valence-corrected chi connectivity index (χ3v) is 4.82. The monoisotopic (exact) mass is 378 g/mol. The third kappa shape index (κ3) is 3.38. The number of nitrogens with one attached hydrogen (secondary N) is 2. The van der Waals surface area contributed by atoms with Crippen molar-refractivity contribution in [1.29, 1.82) is 0 Å². The second kappa shape index (κ2) is 7.26. The van der Waals surface area contributed by atoms with Crippen LogP contribution >= 0.6 is 0 Å². The van der Waals surface area contributed by atoms with Crippen molar-refractivity contribution in [2.45, 2.75) is 26.2 Å². The molecule has 1 heterocycles. The first-order valence-corrected chi connectivity index (χ1v) is 9.07. The summed E-state index contributed by atoms with van der Waals surface area (Å²) in [7, 11) is 0. The number of carbonyl (C=O) groups is 2. The zero-order chi connectivity index (χ0) is 19.7. The Hall–Kier alpha value is -3.48. The number of nitrogens with zero attached hydrogens (tertiary/aromatic N) is 2. The van der Waals surface area contributed by atoms with Gasteiger partial charge in [-0.25, -0.2) is 9.07 Å². The highest BCUT2D eigenvalue weighted by atomic mass is 19.1. The smallest absolute Gasteiger partial charge is 0.267 e. The van der Waals surface area contributed by atoms with Gasteiger partial charge in [0.1, 0.15) is 5.82 Å². The highest BCUT2D eigenvalue weighted by molar-refractivity contribution is 5.99. The van der Waals surface area contributed by atoms with E-state index >= 15 is 0 Å². The van der Waals surface area contributed by atoms with Crippen LogP contribution in [0.3, 0.4) is 0 Å². The topological polar surface area (TPSA) is 76.0 Å². The number of hydrazine groups is 1. The Morgan fingerprint density at radius 2 is 1.64 bits per heavy atom. The van der Waals surface area contributed by atoms with Crippen LogP contribution < -0.4 is 10.9 Å². The Morgan fingerprint density at radius 3 is 2.36 bits per heavy atom. The molecule has 1 aliphatic carbocycles. The second-order valence-electron chi connectivity index (χ2n) is 6.79. The van der Waals surface area contributed by atoms with E-state index in [1.165, 1.54) is 24.3 Å². The summed E-state index contributed by atoms with van der Waals surface area (Å²) in [6.07, 6.45) is 2.59. The van der Waals surface area contributed by atoms with E-state index in [1.54, 1.807) is 4.68 Å². The van der Waals surface area contributed by atoms with Crippen LogP contribution in [-0.4, -0.2) is 21.6 Å². The molecule has 2 aromatic carbocycles. The lowest BCUT2D eigenvalue weighted by atomic mass is 10.2. The Kier molecular flexibility index (Phi) is 4.65.